The maximum atomic E-state index is 10.5. The van der Waals surface area contributed by atoms with E-state index in [0.717, 1.165) is 4.90 Å². The maximum Gasteiger partial charge on any atom is 0.272 e. The molecule has 0 spiro atoms. The number of nitrogen functional groups attached to an aromatic ring is 1. The second kappa shape index (κ2) is 4.32. The fraction of sp³-hybridized carbons (Fsp3) is 0.333. The summed E-state index contributed by atoms with van der Waals surface area (Å²) in [6.45, 7) is 4.05. The first kappa shape index (κ1) is 10.8. The van der Waals surface area contributed by atoms with E-state index in [0.29, 0.717) is 10.9 Å². The lowest BCUT2D eigenvalue weighted by molar-refractivity contribution is -0.385. The highest BCUT2D eigenvalue weighted by molar-refractivity contribution is 7.99. The molecule has 2 N–H and O–H groups in total. The molecule has 0 aliphatic rings. The van der Waals surface area contributed by atoms with Gasteiger partial charge in [0.1, 0.15) is 0 Å². The highest BCUT2D eigenvalue weighted by atomic mass is 32.2. The van der Waals surface area contributed by atoms with E-state index in [9.17, 15) is 10.1 Å². The van der Waals surface area contributed by atoms with Crippen molar-refractivity contribution in [3.05, 3.63) is 28.3 Å². The Morgan fingerprint density at radius 1 is 1.43 bits per heavy atom. The summed E-state index contributed by atoms with van der Waals surface area (Å²) in [5, 5.41) is 10.9. The van der Waals surface area contributed by atoms with Gasteiger partial charge in [-0.2, -0.15) is 0 Å². The number of rotatable bonds is 3. The smallest absolute Gasteiger partial charge is 0.272 e. The highest BCUT2D eigenvalue weighted by Crippen LogP contribution is 2.28. The topological polar surface area (TPSA) is 69.2 Å². The minimum absolute atomic E-state index is 0.0492. The average molecular weight is 212 g/mol. The van der Waals surface area contributed by atoms with Gasteiger partial charge in [-0.15, -0.1) is 11.8 Å². The molecule has 1 aromatic rings. The van der Waals surface area contributed by atoms with Gasteiger partial charge in [-0.1, -0.05) is 13.8 Å². The van der Waals surface area contributed by atoms with Crippen LogP contribution in [0.4, 0.5) is 11.4 Å². The predicted octanol–water partition coefficient (Wildman–Crippen LogP) is 2.68. The first-order valence-corrected chi connectivity index (χ1v) is 5.08. The quantitative estimate of drug-likeness (QED) is 0.362. The fourth-order valence-electron chi connectivity index (χ4n) is 1.05. The zero-order valence-corrected chi connectivity index (χ0v) is 8.88. The molecular weight excluding hydrogens is 200 g/mol. The first-order chi connectivity index (χ1) is 6.49. The molecule has 0 aliphatic carbocycles. The van der Waals surface area contributed by atoms with Crippen molar-refractivity contribution in [1.29, 1.82) is 0 Å². The van der Waals surface area contributed by atoms with E-state index in [1.54, 1.807) is 23.9 Å². The van der Waals surface area contributed by atoms with Crippen LogP contribution in [0.15, 0.2) is 23.1 Å². The van der Waals surface area contributed by atoms with Gasteiger partial charge in [-0.3, -0.25) is 10.1 Å². The molecule has 0 saturated heterocycles. The Morgan fingerprint density at radius 2 is 2.07 bits per heavy atom. The fourth-order valence-corrected chi connectivity index (χ4v) is 1.99. The molecule has 1 aromatic carbocycles. The number of nitro benzene ring substituents is 1. The Morgan fingerprint density at radius 3 is 2.57 bits per heavy atom. The molecule has 0 bridgehead atoms. The summed E-state index contributed by atoms with van der Waals surface area (Å²) in [5.74, 6) is 0. The molecule has 0 aromatic heterocycles. The van der Waals surface area contributed by atoms with Crippen molar-refractivity contribution in [2.24, 2.45) is 0 Å². The summed E-state index contributed by atoms with van der Waals surface area (Å²) in [7, 11) is 0. The summed E-state index contributed by atoms with van der Waals surface area (Å²) >= 11 is 1.56. The van der Waals surface area contributed by atoms with Crippen LogP contribution in [0, 0.1) is 10.1 Å². The van der Waals surface area contributed by atoms with E-state index in [1.165, 1.54) is 6.07 Å². The number of non-ortho nitro benzene ring substituents is 1. The van der Waals surface area contributed by atoms with Crippen LogP contribution in [0.1, 0.15) is 13.8 Å². The van der Waals surface area contributed by atoms with E-state index >= 15 is 0 Å². The SMILES string of the molecule is CC(C)Sc1cc(N)cc([N+](=O)[O-])c1. The van der Waals surface area contributed by atoms with Crippen molar-refractivity contribution in [1.82, 2.24) is 0 Å². The molecule has 1 rings (SSSR count). The molecule has 0 heterocycles. The Labute approximate surface area is 86.6 Å². The average Bonchev–Trinajstić information content (AvgIpc) is 2.01. The zero-order chi connectivity index (χ0) is 10.7. The van der Waals surface area contributed by atoms with Crippen LogP contribution in [-0.2, 0) is 0 Å². The highest BCUT2D eigenvalue weighted by Gasteiger charge is 2.09. The molecule has 0 aliphatic heterocycles. The predicted molar refractivity (Wildman–Crippen MR) is 58.5 cm³/mol. The minimum atomic E-state index is -0.430. The van der Waals surface area contributed by atoms with Gasteiger partial charge >= 0.3 is 0 Å². The van der Waals surface area contributed by atoms with Crippen molar-refractivity contribution in [3.63, 3.8) is 0 Å². The van der Waals surface area contributed by atoms with Crippen LogP contribution in [0.2, 0.25) is 0 Å². The Bertz CT molecular complexity index is 353. The van der Waals surface area contributed by atoms with Crippen LogP contribution in [0.25, 0.3) is 0 Å². The summed E-state index contributed by atoms with van der Waals surface area (Å²) in [6, 6.07) is 4.66. The lowest BCUT2D eigenvalue weighted by Crippen LogP contribution is -1.93. The number of nitrogens with zero attached hydrogens (tertiary/aromatic N) is 1. The summed E-state index contributed by atoms with van der Waals surface area (Å²) in [4.78, 5) is 10.9. The lowest BCUT2D eigenvalue weighted by atomic mass is 10.3. The molecule has 4 nitrogen and oxygen atoms in total. The molecular formula is C9H12N2O2S. The van der Waals surface area contributed by atoms with Crippen molar-refractivity contribution in [2.75, 3.05) is 5.73 Å². The molecule has 5 heteroatoms. The second-order valence-corrected chi connectivity index (χ2v) is 4.83. The van der Waals surface area contributed by atoms with Gasteiger partial charge in [0, 0.05) is 28.0 Å². The van der Waals surface area contributed by atoms with Crippen LogP contribution in [0.3, 0.4) is 0 Å². The number of hydrogen-bond donors (Lipinski definition) is 1. The van der Waals surface area contributed by atoms with E-state index < -0.39 is 4.92 Å². The first-order valence-electron chi connectivity index (χ1n) is 4.20. The number of thioether (sulfide) groups is 1. The molecule has 0 atom stereocenters. The summed E-state index contributed by atoms with van der Waals surface area (Å²) < 4.78 is 0. The number of benzene rings is 1. The minimum Gasteiger partial charge on any atom is -0.398 e. The Kier molecular flexibility index (Phi) is 3.35. The second-order valence-electron chi connectivity index (χ2n) is 3.18. The maximum absolute atomic E-state index is 10.5. The van der Waals surface area contributed by atoms with Crippen molar-refractivity contribution in [2.45, 2.75) is 24.0 Å². The molecule has 0 unspecified atom stereocenters. The van der Waals surface area contributed by atoms with E-state index in [4.69, 9.17) is 5.73 Å². The zero-order valence-electron chi connectivity index (χ0n) is 8.06. The summed E-state index contributed by atoms with van der Waals surface area (Å²) in [6.07, 6.45) is 0. The van der Waals surface area contributed by atoms with Crippen LogP contribution in [-0.4, -0.2) is 10.2 Å². The van der Waals surface area contributed by atoms with E-state index in [-0.39, 0.29) is 5.69 Å². The lowest BCUT2D eigenvalue weighted by Gasteiger charge is -2.05. The number of anilines is 1. The number of nitro groups is 1. The third kappa shape index (κ3) is 2.92. The third-order valence-electron chi connectivity index (χ3n) is 1.50. The summed E-state index contributed by atoms with van der Waals surface area (Å²) in [5.41, 5.74) is 6.04. The van der Waals surface area contributed by atoms with Gasteiger partial charge in [0.25, 0.3) is 5.69 Å². The van der Waals surface area contributed by atoms with Crippen LogP contribution >= 0.6 is 11.8 Å². The third-order valence-corrected chi connectivity index (χ3v) is 2.48. The standard InChI is InChI=1S/C9H12N2O2S/c1-6(2)14-9-4-7(10)3-8(5-9)11(12)13/h3-6H,10H2,1-2H3. The van der Waals surface area contributed by atoms with Crippen molar-refractivity contribution < 1.29 is 4.92 Å². The Hall–Kier alpha value is -1.23. The molecule has 0 saturated carbocycles. The molecule has 14 heavy (non-hydrogen) atoms. The normalized spacial score (nSPS) is 10.5. The van der Waals surface area contributed by atoms with Gasteiger partial charge in [0.05, 0.1) is 4.92 Å². The van der Waals surface area contributed by atoms with Gasteiger partial charge in [-0.05, 0) is 6.07 Å². The monoisotopic (exact) mass is 212 g/mol. The van der Waals surface area contributed by atoms with Gasteiger partial charge < -0.3 is 5.73 Å². The number of nitrogens with two attached hydrogens (primary N) is 1. The van der Waals surface area contributed by atoms with E-state index in [2.05, 4.69) is 0 Å². The number of hydrogen-bond acceptors (Lipinski definition) is 4. The van der Waals surface area contributed by atoms with Gasteiger partial charge in [0.2, 0.25) is 0 Å². The Balaban J connectivity index is 3.01. The van der Waals surface area contributed by atoms with Crippen LogP contribution in [0.5, 0.6) is 0 Å². The van der Waals surface area contributed by atoms with E-state index in [1.807, 2.05) is 13.8 Å². The van der Waals surface area contributed by atoms with Gasteiger partial charge in [0.15, 0.2) is 0 Å². The molecule has 0 amide bonds. The van der Waals surface area contributed by atoms with Crippen molar-refractivity contribution >= 4 is 23.1 Å². The molecule has 76 valence electrons. The largest absolute Gasteiger partial charge is 0.398 e. The van der Waals surface area contributed by atoms with Crippen molar-refractivity contribution in [3.8, 4) is 0 Å². The van der Waals surface area contributed by atoms with Gasteiger partial charge in [-0.25, -0.2) is 0 Å². The molecule has 0 radical (unpaired) electrons. The molecule has 0 fully saturated rings. The van der Waals surface area contributed by atoms with Crippen LogP contribution < -0.4 is 5.73 Å².